The van der Waals surface area contributed by atoms with E-state index < -0.39 is 0 Å². The topological polar surface area (TPSA) is 64.9 Å². The van der Waals surface area contributed by atoms with Gasteiger partial charge in [-0.1, -0.05) is 31.3 Å². The van der Waals surface area contributed by atoms with Crippen molar-refractivity contribution in [2.75, 3.05) is 0 Å². The summed E-state index contributed by atoms with van der Waals surface area (Å²) in [6, 6.07) is 0.150. The predicted molar refractivity (Wildman–Crippen MR) is 62.1 cm³/mol. The monoisotopic (exact) mass is 223 g/mol. The third-order valence-corrected chi connectivity index (χ3v) is 3.41. The lowest BCUT2D eigenvalue weighted by atomic mass is 9.89. The van der Waals surface area contributed by atoms with Crippen molar-refractivity contribution in [3.05, 3.63) is 11.7 Å². The summed E-state index contributed by atoms with van der Waals surface area (Å²) in [6.07, 6.45) is 7.99. The maximum Gasteiger partial charge on any atom is 0.229 e. The second kappa shape index (κ2) is 5.43. The Morgan fingerprint density at radius 2 is 2.12 bits per heavy atom. The molecule has 0 amide bonds. The Kier molecular flexibility index (Phi) is 3.93. The molecule has 0 aromatic carbocycles. The first kappa shape index (κ1) is 11.6. The lowest BCUT2D eigenvalue weighted by Crippen LogP contribution is -2.22. The summed E-state index contributed by atoms with van der Waals surface area (Å²) in [5.41, 5.74) is 5.87. The van der Waals surface area contributed by atoms with Crippen molar-refractivity contribution in [3.63, 3.8) is 0 Å². The van der Waals surface area contributed by atoms with Crippen LogP contribution in [0.5, 0.6) is 0 Å². The Bertz CT molecular complexity index is 318. The SMILES string of the molecule is CCC(N)Cc1noc(C2CCCCC2)n1. The van der Waals surface area contributed by atoms with Crippen LogP contribution in [-0.2, 0) is 6.42 Å². The van der Waals surface area contributed by atoms with Gasteiger partial charge in [0.1, 0.15) is 0 Å². The fourth-order valence-corrected chi connectivity index (χ4v) is 2.24. The molecule has 1 heterocycles. The normalized spacial score (nSPS) is 19.9. The third-order valence-electron chi connectivity index (χ3n) is 3.41. The zero-order valence-electron chi connectivity index (χ0n) is 9.98. The highest BCUT2D eigenvalue weighted by Crippen LogP contribution is 2.31. The molecule has 0 bridgehead atoms. The van der Waals surface area contributed by atoms with Gasteiger partial charge in [0.05, 0.1) is 0 Å². The summed E-state index contributed by atoms with van der Waals surface area (Å²) < 4.78 is 5.33. The molecule has 1 saturated carbocycles. The molecule has 1 aromatic heterocycles. The zero-order valence-corrected chi connectivity index (χ0v) is 9.98. The number of hydrogen-bond acceptors (Lipinski definition) is 4. The van der Waals surface area contributed by atoms with Crippen LogP contribution >= 0.6 is 0 Å². The van der Waals surface area contributed by atoms with E-state index in [9.17, 15) is 0 Å². The van der Waals surface area contributed by atoms with Crippen LogP contribution < -0.4 is 5.73 Å². The first-order valence-corrected chi connectivity index (χ1v) is 6.37. The molecule has 0 aliphatic heterocycles. The van der Waals surface area contributed by atoms with E-state index in [2.05, 4.69) is 17.1 Å². The lowest BCUT2D eigenvalue weighted by molar-refractivity contribution is 0.311. The minimum absolute atomic E-state index is 0.150. The highest BCUT2D eigenvalue weighted by atomic mass is 16.5. The summed E-state index contributed by atoms with van der Waals surface area (Å²) in [6.45, 7) is 2.08. The average Bonchev–Trinajstić information content (AvgIpc) is 2.78. The number of nitrogens with zero attached hydrogens (tertiary/aromatic N) is 2. The molecular formula is C12H21N3O. The highest BCUT2D eigenvalue weighted by molar-refractivity contribution is 4.96. The minimum Gasteiger partial charge on any atom is -0.339 e. The summed E-state index contributed by atoms with van der Waals surface area (Å²) in [7, 11) is 0. The van der Waals surface area contributed by atoms with Gasteiger partial charge in [-0.15, -0.1) is 0 Å². The van der Waals surface area contributed by atoms with Crippen LogP contribution in [0.3, 0.4) is 0 Å². The van der Waals surface area contributed by atoms with E-state index in [4.69, 9.17) is 10.3 Å². The lowest BCUT2D eigenvalue weighted by Gasteiger charge is -2.17. The zero-order chi connectivity index (χ0) is 11.4. The highest BCUT2D eigenvalue weighted by Gasteiger charge is 2.21. The number of hydrogen-bond donors (Lipinski definition) is 1. The largest absolute Gasteiger partial charge is 0.339 e. The van der Waals surface area contributed by atoms with Crippen molar-refractivity contribution in [1.29, 1.82) is 0 Å². The first-order chi connectivity index (χ1) is 7.79. The van der Waals surface area contributed by atoms with Gasteiger partial charge in [0.25, 0.3) is 0 Å². The smallest absolute Gasteiger partial charge is 0.229 e. The van der Waals surface area contributed by atoms with E-state index in [-0.39, 0.29) is 6.04 Å². The van der Waals surface area contributed by atoms with Crippen LogP contribution in [0.4, 0.5) is 0 Å². The van der Waals surface area contributed by atoms with Crippen molar-refractivity contribution in [3.8, 4) is 0 Å². The Balaban J connectivity index is 1.95. The van der Waals surface area contributed by atoms with Gasteiger partial charge in [0.2, 0.25) is 5.89 Å². The van der Waals surface area contributed by atoms with Crippen LogP contribution in [0.1, 0.15) is 63.1 Å². The molecule has 2 N–H and O–H groups in total. The molecule has 1 unspecified atom stereocenters. The van der Waals surface area contributed by atoms with Crippen molar-refractivity contribution < 1.29 is 4.52 Å². The Labute approximate surface area is 96.6 Å². The van der Waals surface area contributed by atoms with Crippen LogP contribution in [0.25, 0.3) is 0 Å². The van der Waals surface area contributed by atoms with Gasteiger partial charge >= 0.3 is 0 Å². The van der Waals surface area contributed by atoms with E-state index >= 15 is 0 Å². The number of rotatable bonds is 4. The van der Waals surface area contributed by atoms with Crippen LogP contribution in [-0.4, -0.2) is 16.2 Å². The van der Waals surface area contributed by atoms with Crippen molar-refractivity contribution in [2.45, 2.75) is 63.8 Å². The molecule has 0 spiro atoms. The van der Waals surface area contributed by atoms with E-state index in [0.717, 1.165) is 24.6 Å². The van der Waals surface area contributed by atoms with Gasteiger partial charge in [-0.2, -0.15) is 4.98 Å². The molecule has 1 atom stereocenters. The van der Waals surface area contributed by atoms with E-state index in [1.165, 1.54) is 32.1 Å². The maximum absolute atomic E-state index is 5.87. The molecule has 16 heavy (non-hydrogen) atoms. The van der Waals surface area contributed by atoms with Gasteiger partial charge in [0, 0.05) is 18.4 Å². The maximum atomic E-state index is 5.87. The molecule has 1 fully saturated rings. The molecule has 4 nitrogen and oxygen atoms in total. The van der Waals surface area contributed by atoms with Crippen LogP contribution in [0.15, 0.2) is 4.52 Å². The molecule has 1 aliphatic rings. The van der Waals surface area contributed by atoms with Crippen molar-refractivity contribution >= 4 is 0 Å². The molecule has 1 aromatic rings. The molecule has 1 aliphatic carbocycles. The molecule has 90 valence electrons. The fraction of sp³-hybridized carbons (Fsp3) is 0.833. The van der Waals surface area contributed by atoms with Gasteiger partial charge in [-0.25, -0.2) is 0 Å². The molecule has 4 heteroatoms. The molecule has 0 radical (unpaired) electrons. The fourth-order valence-electron chi connectivity index (χ4n) is 2.24. The third kappa shape index (κ3) is 2.82. The van der Waals surface area contributed by atoms with Crippen molar-refractivity contribution in [2.24, 2.45) is 5.73 Å². The van der Waals surface area contributed by atoms with Crippen molar-refractivity contribution in [1.82, 2.24) is 10.1 Å². The van der Waals surface area contributed by atoms with Gasteiger partial charge in [0.15, 0.2) is 5.82 Å². The van der Waals surface area contributed by atoms with Gasteiger partial charge in [-0.3, -0.25) is 0 Å². The first-order valence-electron chi connectivity index (χ1n) is 6.37. The minimum atomic E-state index is 0.150. The average molecular weight is 223 g/mol. The molecule has 0 saturated heterocycles. The predicted octanol–water partition coefficient (Wildman–Crippen LogP) is 2.40. The molecular weight excluding hydrogens is 202 g/mol. The number of aromatic nitrogens is 2. The quantitative estimate of drug-likeness (QED) is 0.851. The van der Waals surface area contributed by atoms with Gasteiger partial charge in [-0.05, 0) is 19.3 Å². The van der Waals surface area contributed by atoms with Crippen LogP contribution in [0.2, 0.25) is 0 Å². The second-order valence-corrected chi connectivity index (χ2v) is 4.76. The summed E-state index contributed by atoms with van der Waals surface area (Å²) in [5.74, 6) is 2.10. The second-order valence-electron chi connectivity index (χ2n) is 4.76. The van der Waals surface area contributed by atoms with Crippen LogP contribution in [0, 0.1) is 0 Å². The van der Waals surface area contributed by atoms with E-state index in [1.807, 2.05) is 0 Å². The summed E-state index contributed by atoms with van der Waals surface area (Å²) in [4.78, 5) is 4.46. The standard InChI is InChI=1S/C12H21N3O/c1-2-10(13)8-11-14-12(16-15-11)9-6-4-3-5-7-9/h9-10H,2-8,13H2,1H3. The Morgan fingerprint density at radius 1 is 1.38 bits per heavy atom. The Morgan fingerprint density at radius 3 is 2.81 bits per heavy atom. The van der Waals surface area contributed by atoms with Gasteiger partial charge < -0.3 is 10.3 Å². The number of nitrogens with two attached hydrogens (primary N) is 1. The Hall–Kier alpha value is -0.900. The van der Waals surface area contributed by atoms with E-state index in [1.54, 1.807) is 0 Å². The summed E-state index contributed by atoms with van der Waals surface area (Å²) in [5, 5.41) is 4.01. The summed E-state index contributed by atoms with van der Waals surface area (Å²) >= 11 is 0. The molecule has 2 rings (SSSR count). The van der Waals surface area contributed by atoms with E-state index in [0.29, 0.717) is 5.92 Å².